The molecule has 3 rings (SSSR count). The molecule has 21 heavy (non-hydrogen) atoms. The minimum Gasteiger partial charge on any atom is -0.497 e. The van der Waals surface area contributed by atoms with Crippen LogP contribution in [-0.2, 0) is 0 Å². The number of aromatic amines is 1. The van der Waals surface area contributed by atoms with Gasteiger partial charge in [0, 0.05) is 32.7 Å². The number of methoxy groups -OCH3 is 1. The third-order valence-electron chi connectivity index (χ3n) is 3.65. The molecule has 1 N–H and O–H groups in total. The van der Waals surface area contributed by atoms with E-state index in [2.05, 4.69) is 20.9 Å². The highest BCUT2D eigenvalue weighted by atomic mass is 79.9. The van der Waals surface area contributed by atoms with Gasteiger partial charge in [-0.05, 0) is 36.8 Å². The Morgan fingerprint density at radius 3 is 2.76 bits per heavy atom. The van der Waals surface area contributed by atoms with Crippen LogP contribution in [0.2, 0.25) is 0 Å². The summed E-state index contributed by atoms with van der Waals surface area (Å²) in [5, 5.41) is 0.874. The van der Waals surface area contributed by atoms with Crippen LogP contribution in [0.5, 0.6) is 5.75 Å². The molecular weight excluding hydrogens is 330 g/mol. The number of ketones is 1. The second-order valence-electron chi connectivity index (χ2n) is 4.86. The quantitative estimate of drug-likeness (QED) is 0.712. The van der Waals surface area contributed by atoms with Crippen molar-refractivity contribution in [2.45, 2.75) is 6.92 Å². The van der Waals surface area contributed by atoms with Gasteiger partial charge in [-0.3, -0.25) is 4.79 Å². The summed E-state index contributed by atoms with van der Waals surface area (Å²) < 4.78 is 6.18. The van der Waals surface area contributed by atoms with Crippen molar-refractivity contribution in [1.29, 1.82) is 0 Å². The van der Waals surface area contributed by atoms with Crippen LogP contribution in [0.25, 0.3) is 10.9 Å². The van der Waals surface area contributed by atoms with Gasteiger partial charge in [-0.15, -0.1) is 0 Å². The topological polar surface area (TPSA) is 42.1 Å². The smallest absolute Gasteiger partial charge is 0.195 e. The fourth-order valence-corrected chi connectivity index (χ4v) is 2.78. The fraction of sp³-hybridized carbons (Fsp3) is 0.118. The molecule has 0 amide bonds. The molecule has 0 unspecified atom stereocenters. The molecule has 0 bridgehead atoms. The first-order valence-electron chi connectivity index (χ1n) is 6.56. The van der Waals surface area contributed by atoms with E-state index in [1.165, 1.54) is 0 Å². The van der Waals surface area contributed by atoms with Crippen molar-refractivity contribution >= 4 is 32.6 Å². The van der Waals surface area contributed by atoms with Crippen molar-refractivity contribution in [2.75, 3.05) is 7.11 Å². The molecule has 106 valence electrons. The highest BCUT2D eigenvalue weighted by Gasteiger charge is 2.17. The number of carbonyl (C=O) groups is 1. The number of aromatic nitrogens is 1. The normalized spacial score (nSPS) is 10.8. The van der Waals surface area contributed by atoms with Gasteiger partial charge in [0.05, 0.1) is 7.11 Å². The van der Waals surface area contributed by atoms with E-state index in [9.17, 15) is 4.79 Å². The Morgan fingerprint density at radius 1 is 1.19 bits per heavy atom. The molecule has 0 atom stereocenters. The van der Waals surface area contributed by atoms with Crippen molar-refractivity contribution in [3.05, 3.63) is 63.8 Å². The molecule has 0 radical (unpaired) electrons. The number of H-pyrrole nitrogens is 1. The van der Waals surface area contributed by atoms with E-state index in [0.29, 0.717) is 11.1 Å². The molecular formula is C17H14BrNO2. The Hall–Kier alpha value is -2.07. The lowest BCUT2D eigenvalue weighted by Crippen LogP contribution is -2.03. The van der Waals surface area contributed by atoms with E-state index in [1.807, 2.05) is 43.3 Å². The zero-order valence-corrected chi connectivity index (χ0v) is 13.3. The van der Waals surface area contributed by atoms with Crippen LogP contribution in [0.3, 0.4) is 0 Å². The highest BCUT2D eigenvalue weighted by Crippen LogP contribution is 2.28. The second-order valence-corrected chi connectivity index (χ2v) is 5.71. The van der Waals surface area contributed by atoms with E-state index < -0.39 is 0 Å². The van der Waals surface area contributed by atoms with E-state index in [1.54, 1.807) is 13.3 Å². The first kappa shape index (κ1) is 13.9. The standard InChI is InChI=1S/C17H14BrNO2/c1-10-12(4-3-5-15(10)18)17(20)14-9-19-16-7-6-11(21-2)8-13(14)16/h3-9,19H,1-2H3. The molecule has 0 saturated heterocycles. The van der Waals surface area contributed by atoms with E-state index in [-0.39, 0.29) is 5.78 Å². The molecule has 1 aromatic heterocycles. The number of benzene rings is 2. The van der Waals surface area contributed by atoms with Crippen molar-refractivity contribution in [1.82, 2.24) is 4.98 Å². The second kappa shape index (κ2) is 5.37. The molecule has 0 aliphatic carbocycles. The average Bonchev–Trinajstić information content (AvgIpc) is 2.92. The molecule has 0 aliphatic heterocycles. The molecule has 3 nitrogen and oxygen atoms in total. The van der Waals surface area contributed by atoms with Gasteiger partial charge in [-0.25, -0.2) is 0 Å². The maximum absolute atomic E-state index is 12.8. The van der Waals surface area contributed by atoms with Gasteiger partial charge >= 0.3 is 0 Å². The largest absolute Gasteiger partial charge is 0.497 e. The third-order valence-corrected chi connectivity index (χ3v) is 4.50. The summed E-state index contributed by atoms with van der Waals surface area (Å²) in [6.45, 7) is 1.94. The number of hydrogen-bond acceptors (Lipinski definition) is 2. The van der Waals surface area contributed by atoms with Gasteiger partial charge < -0.3 is 9.72 Å². The van der Waals surface area contributed by atoms with Gasteiger partial charge in [-0.2, -0.15) is 0 Å². The zero-order valence-electron chi connectivity index (χ0n) is 11.7. The molecule has 4 heteroatoms. The first-order valence-corrected chi connectivity index (χ1v) is 7.36. The summed E-state index contributed by atoms with van der Waals surface area (Å²) in [5.74, 6) is 0.746. The predicted octanol–water partition coefficient (Wildman–Crippen LogP) is 4.48. The summed E-state index contributed by atoms with van der Waals surface area (Å²) in [7, 11) is 1.62. The zero-order chi connectivity index (χ0) is 15.0. The molecule has 3 aromatic rings. The summed E-state index contributed by atoms with van der Waals surface area (Å²) in [5.41, 5.74) is 3.23. The van der Waals surface area contributed by atoms with Crippen LogP contribution in [0.15, 0.2) is 47.1 Å². The molecule has 0 saturated carbocycles. The number of rotatable bonds is 3. The van der Waals surface area contributed by atoms with Crippen LogP contribution in [0.1, 0.15) is 21.5 Å². The molecule has 0 spiro atoms. The number of nitrogens with one attached hydrogen (secondary N) is 1. The van der Waals surface area contributed by atoms with Gasteiger partial charge in [0.25, 0.3) is 0 Å². The lowest BCUT2D eigenvalue weighted by atomic mass is 9.99. The Labute approximate surface area is 131 Å². The lowest BCUT2D eigenvalue weighted by molar-refractivity contribution is 0.103. The molecule has 0 fully saturated rings. The fourth-order valence-electron chi connectivity index (χ4n) is 2.41. The van der Waals surface area contributed by atoms with E-state index in [0.717, 1.165) is 26.7 Å². The van der Waals surface area contributed by atoms with E-state index >= 15 is 0 Å². The van der Waals surface area contributed by atoms with Crippen LogP contribution in [0, 0.1) is 6.92 Å². The molecule has 1 heterocycles. The number of halogens is 1. The summed E-state index contributed by atoms with van der Waals surface area (Å²) >= 11 is 3.47. The van der Waals surface area contributed by atoms with Crippen LogP contribution in [-0.4, -0.2) is 17.9 Å². The Kier molecular flexibility index (Phi) is 3.55. The monoisotopic (exact) mass is 343 g/mol. The minimum absolute atomic E-state index is 0.00769. The van der Waals surface area contributed by atoms with Crippen molar-refractivity contribution in [2.24, 2.45) is 0 Å². The van der Waals surface area contributed by atoms with Gasteiger partial charge in [-0.1, -0.05) is 28.1 Å². The maximum atomic E-state index is 12.8. The predicted molar refractivity (Wildman–Crippen MR) is 87.2 cm³/mol. The van der Waals surface area contributed by atoms with Crippen molar-refractivity contribution < 1.29 is 9.53 Å². The van der Waals surface area contributed by atoms with Gasteiger partial charge in [0.2, 0.25) is 0 Å². The Bertz CT molecular complexity index is 836. The summed E-state index contributed by atoms with van der Waals surface area (Å²) in [6, 6.07) is 11.3. The van der Waals surface area contributed by atoms with Crippen LogP contribution < -0.4 is 4.74 Å². The first-order chi connectivity index (χ1) is 10.1. The number of carbonyl (C=O) groups excluding carboxylic acids is 1. The van der Waals surface area contributed by atoms with Crippen LogP contribution in [0.4, 0.5) is 0 Å². The van der Waals surface area contributed by atoms with Gasteiger partial charge in [0.15, 0.2) is 5.78 Å². The number of ether oxygens (including phenoxy) is 1. The van der Waals surface area contributed by atoms with E-state index in [4.69, 9.17) is 4.74 Å². The lowest BCUT2D eigenvalue weighted by Gasteiger charge is -2.06. The summed E-state index contributed by atoms with van der Waals surface area (Å²) in [6.07, 6.45) is 1.76. The van der Waals surface area contributed by atoms with Crippen LogP contribution >= 0.6 is 15.9 Å². The number of hydrogen-bond donors (Lipinski definition) is 1. The Balaban J connectivity index is 2.15. The highest BCUT2D eigenvalue weighted by molar-refractivity contribution is 9.10. The third kappa shape index (κ3) is 2.36. The minimum atomic E-state index is 0.00769. The molecule has 2 aromatic carbocycles. The summed E-state index contributed by atoms with van der Waals surface area (Å²) in [4.78, 5) is 15.9. The maximum Gasteiger partial charge on any atom is 0.195 e. The van der Waals surface area contributed by atoms with Crippen molar-refractivity contribution in [3.8, 4) is 5.75 Å². The van der Waals surface area contributed by atoms with Crippen molar-refractivity contribution in [3.63, 3.8) is 0 Å². The number of fused-ring (bicyclic) bond motifs is 1. The SMILES string of the molecule is COc1ccc2[nH]cc(C(=O)c3cccc(Br)c3C)c2c1. The average molecular weight is 344 g/mol. The Morgan fingerprint density at radius 2 is 2.00 bits per heavy atom. The van der Waals surface area contributed by atoms with Gasteiger partial charge in [0.1, 0.15) is 5.75 Å². The molecule has 0 aliphatic rings.